The Labute approximate surface area is 91.6 Å². The summed E-state index contributed by atoms with van der Waals surface area (Å²) in [5, 5.41) is -0.0116. The van der Waals surface area contributed by atoms with E-state index < -0.39 is 0 Å². The molecule has 0 aliphatic heterocycles. The zero-order valence-corrected chi connectivity index (χ0v) is 8.60. The molecule has 0 saturated heterocycles. The Morgan fingerprint density at radius 3 is 2.47 bits per heavy atom. The van der Waals surface area contributed by atoms with Crippen LogP contribution in [0.15, 0.2) is 24.3 Å². The minimum atomic E-state index is -0.333. The molecule has 15 heavy (non-hydrogen) atoms. The van der Waals surface area contributed by atoms with Gasteiger partial charge in [0.1, 0.15) is 5.82 Å². The number of rotatable bonds is 2. The highest BCUT2D eigenvalue weighted by Gasteiger charge is 2.02. The van der Waals surface area contributed by atoms with Gasteiger partial charge in [0.05, 0.1) is 6.42 Å². The molecule has 4 nitrogen and oxygen atoms in total. The summed E-state index contributed by atoms with van der Waals surface area (Å²) in [4.78, 5) is 11.2. The lowest BCUT2D eigenvalue weighted by molar-refractivity contribution is -0.121. The van der Waals surface area contributed by atoms with E-state index in [-0.39, 0.29) is 23.3 Å². The minimum absolute atomic E-state index is 0.0116. The van der Waals surface area contributed by atoms with Crippen LogP contribution in [-0.2, 0) is 11.2 Å². The van der Waals surface area contributed by atoms with Crippen LogP contribution in [0.4, 0.5) is 4.39 Å². The first-order valence-electron chi connectivity index (χ1n) is 4.16. The van der Waals surface area contributed by atoms with Gasteiger partial charge in [-0.15, -0.1) is 0 Å². The predicted molar refractivity (Wildman–Crippen MR) is 58.2 cm³/mol. The Morgan fingerprint density at radius 1 is 1.33 bits per heavy atom. The molecule has 0 fully saturated rings. The first-order chi connectivity index (χ1) is 7.08. The number of carbonyl (C=O) groups excluding carboxylic acids is 1. The maximum Gasteiger partial charge on any atom is 0.242 e. The van der Waals surface area contributed by atoms with E-state index in [4.69, 9.17) is 5.73 Å². The summed E-state index contributed by atoms with van der Waals surface area (Å²) in [7, 11) is 0. The molecule has 0 bridgehead atoms. The van der Waals surface area contributed by atoms with Crippen LogP contribution in [0.1, 0.15) is 5.56 Å². The number of amides is 1. The number of carbonyl (C=O) groups is 1. The van der Waals surface area contributed by atoms with E-state index >= 15 is 0 Å². The molecule has 0 aliphatic carbocycles. The third-order valence-corrected chi connectivity index (χ3v) is 1.71. The Balaban J connectivity index is 2.44. The molecule has 1 aromatic rings. The summed E-state index contributed by atoms with van der Waals surface area (Å²) >= 11 is 4.50. The average Bonchev–Trinajstić information content (AvgIpc) is 2.19. The summed E-state index contributed by atoms with van der Waals surface area (Å²) in [5.74, 6) is -0.630. The molecule has 0 aliphatic rings. The number of nitrogens with two attached hydrogens (primary N) is 1. The molecule has 1 rings (SSSR count). The highest BCUT2D eigenvalue weighted by molar-refractivity contribution is 7.80. The van der Waals surface area contributed by atoms with Gasteiger partial charge in [0.2, 0.25) is 5.91 Å². The molecule has 0 heterocycles. The number of hydrazine groups is 1. The lowest BCUT2D eigenvalue weighted by atomic mass is 10.1. The summed E-state index contributed by atoms with van der Waals surface area (Å²) in [6.07, 6.45) is 0.135. The van der Waals surface area contributed by atoms with Crippen molar-refractivity contribution in [3.63, 3.8) is 0 Å². The third kappa shape index (κ3) is 4.37. The first-order valence-corrected chi connectivity index (χ1v) is 4.57. The van der Waals surface area contributed by atoms with Gasteiger partial charge < -0.3 is 5.73 Å². The molecule has 0 unspecified atom stereocenters. The van der Waals surface area contributed by atoms with Crippen LogP contribution in [0.5, 0.6) is 0 Å². The summed E-state index contributed by atoms with van der Waals surface area (Å²) in [6, 6.07) is 5.67. The van der Waals surface area contributed by atoms with Gasteiger partial charge in [-0.1, -0.05) is 12.1 Å². The summed E-state index contributed by atoms with van der Waals surface area (Å²) in [6.45, 7) is 0. The van der Waals surface area contributed by atoms with Gasteiger partial charge >= 0.3 is 0 Å². The molecule has 80 valence electrons. The van der Waals surface area contributed by atoms with Crippen LogP contribution >= 0.6 is 12.2 Å². The molecular weight excluding hydrogens is 217 g/mol. The van der Waals surface area contributed by atoms with E-state index in [1.807, 2.05) is 0 Å². The molecule has 1 aromatic carbocycles. The first kappa shape index (κ1) is 11.4. The van der Waals surface area contributed by atoms with Gasteiger partial charge in [-0.05, 0) is 29.9 Å². The second-order valence-electron chi connectivity index (χ2n) is 2.84. The molecule has 0 spiro atoms. The summed E-state index contributed by atoms with van der Waals surface area (Å²) in [5.41, 5.74) is 10.4. The lowest BCUT2D eigenvalue weighted by Crippen LogP contribution is -2.44. The molecule has 0 aromatic heterocycles. The van der Waals surface area contributed by atoms with Gasteiger partial charge in [-0.3, -0.25) is 15.6 Å². The zero-order chi connectivity index (χ0) is 11.3. The van der Waals surface area contributed by atoms with E-state index in [1.165, 1.54) is 24.3 Å². The van der Waals surface area contributed by atoms with Gasteiger partial charge in [-0.2, -0.15) is 0 Å². The van der Waals surface area contributed by atoms with Crippen molar-refractivity contribution in [2.45, 2.75) is 6.42 Å². The Hall–Kier alpha value is -1.69. The fourth-order valence-electron chi connectivity index (χ4n) is 0.963. The van der Waals surface area contributed by atoms with Gasteiger partial charge in [-0.25, -0.2) is 4.39 Å². The molecule has 4 N–H and O–H groups in total. The monoisotopic (exact) mass is 227 g/mol. The van der Waals surface area contributed by atoms with Crippen molar-refractivity contribution in [3.05, 3.63) is 35.6 Å². The van der Waals surface area contributed by atoms with Crippen LogP contribution < -0.4 is 16.6 Å². The van der Waals surface area contributed by atoms with E-state index in [2.05, 4.69) is 23.1 Å². The topological polar surface area (TPSA) is 67.2 Å². The Kier molecular flexibility index (Phi) is 3.99. The minimum Gasteiger partial charge on any atom is -0.375 e. The van der Waals surface area contributed by atoms with Crippen LogP contribution in [0, 0.1) is 5.82 Å². The van der Waals surface area contributed by atoms with Gasteiger partial charge in [0.15, 0.2) is 5.11 Å². The lowest BCUT2D eigenvalue weighted by Gasteiger charge is -2.05. The van der Waals surface area contributed by atoms with Crippen LogP contribution in [0.3, 0.4) is 0 Å². The molecule has 0 saturated carbocycles. The second kappa shape index (κ2) is 5.26. The maximum absolute atomic E-state index is 12.5. The number of hydrogen-bond acceptors (Lipinski definition) is 2. The number of nitrogens with one attached hydrogen (secondary N) is 2. The number of halogens is 1. The molecular formula is C9H10FN3OS. The second-order valence-corrected chi connectivity index (χ2v) is 3.28. The SMILES string of the molecule is NC(=S)NNC(=O)Cc1ccc(F)cc1. The van der Waals surface area contributed by atoms with Crippen LogP contribution in [-0.4, -0.2) is 11.0 Å². The number of benzene rings is 1. The fraction of sp³-hybridized carbons (Fsp3) is 0.111. The van der Waals surface area contributed by atoms with Crippen molar-refractivity contribution >= 4 is 23.2 Å². The highest BCUT2D eigenvalue weighted by Crippen LogP contribution is 2.02. The molecule has 6 heteroatoms. The van der Waals surface area contributed by atoms with Crippen molar-refractivity contribution in [2.24, 2.45) is 5.73 Å². The molecule has 0 radical (unpaired) electrons. The average molecular weight is 227 g/mol. The van der Waals surface area contributed by atoms with Crippen LogP contribution in [0.25, 0.3) is 0 Å². The van der Waals surface area contributed by atoms with E-state index in [0.29, 0.717) is 5.56 Å². The predicted octanol–water partition coefficient (Wildman–Crippen LogP) is 0.233. The molecule has 0 atom stereocenters. The van der Waals surface area contributed by atoms with Gasteiger partial charge in [0.25, 0.3) is 0 Å². The van der Waals surface area contributed by atoms with Crippen molar-refractivity contribution in [1.82, 2.24) is 10.9 Å². The van der Waals surface area contributed by atoms with E-state index in [1.54, 1.807) is 0 Å². The number of thiocarbonyl (C=S) groups is 1. The largest absolute Gasteiger partial charge is 0.375 e. The smallest absolute Gasteiger partial charge is 0.242 e. The summed E-state index contributed by atoms with van der Waals surface area (Å²) < 4.78 is 12.5. The Bertz CT molecular complexity index is 366. The quantitative estimate of drug-likeness (QED) is 0.500. The maximum atomic E-state index is 12.5. The standard InChI is InChI=1S/C9H10FN3OS/c10-7-3-1-6(2-4-7)5-8(14)12-13-9(11)15/h1-4H,5H2,(H,12,14)(H3,11,13,15). The van der Waals surface area contributed by atoms with E-state index in [0.717, 1.165) is 0 Å². The highest BCUT2D eigenvalue weighted by atomic mass is 32.1. The van der Waals surface area contributed by atoms with Crippen molar-refractivity contribution in [2.75, 3.05) is 0 Å². The van der Waals surface area contributed by atoms with Crippen molar-refractivity contribution in [3.8, 4) is 0 Å². The Morgan fingerprint density at radius 2 is 1.93 bits per heavy atom. The number of hydrogen-bond donors (Lipinski definition) is 3. The van der Waals surface area contributed by atoms with Gasteiger partial charge in [0, 0.05) is 0 Å². The fourth-order valence-corrected chi connectivity index (χ4v) is 1.01. The van der Waals surface area contributed by atoms with Crippen LogP contribution in [0.2, 0.25) is 0 Å². The normalized spacial score (nSPS) is 9.40. The molecule has 1 amide bonds. The zero-order valence-electron chi connectivity index (χ0n) is 7.79. The van der Waals surface area contributed by atoms with Crippen molar-refractivity contribution in [1.29, 1.82) is 0 Å². The third-order valence-electron chi connectivity index (χ3n) is 1.60. The van der Waals surface area contributed by atoms with Crippen molar-refractivity contribution < 1.29 is 9.18 Å². The van der Waals surface area contributed by atoms with E-state index in [9.17, 15) is 9.18 Å².